The van der Waals surface area contributed by atoms with Crippen molar-refractivity contribution in [3.8, 4) is 0 Å². The number of hydrogen-bond donors (Lipinski definition) is 2. The fraction of sp³-hybridized carbons (Fsp3) is 0.111. The molecule has 1 rings (SSSR count). The zero-order valence-electron chi connectivity index (χ0n) is 7.38. The summed E-state index contributed by atoms with van der Waals surface area (Å²) >= 11 is 0. The Morgan fingerprint density at radius 3 is 2.79 bits per heavy atom. The van der Waals surface area contributed by atoms with E-state index in [1.54, 1.807) is 12.1 Å². The van der Waals surface area contributed by atoms with Crippen molar-refractivity contribution in [3.05, 3.63) is 40.0 Å². The first-order valence-electron chi connectivity index (χ1n) is 3.96. The van der Waals surface area contributed by atoms with Crippen LogP contribution in [0.3, 0.4) is 0 Å². The van der Waals surface area contributed by atoms with Crippen molar-refractivity contribution in [2.45, 2.75) is 0 Å². The lowest BCUT2D eigenvalue weighted by molar-refractivity contribution is -0.383. The molecule has 0 saturated carbocycles. The van der Waals surface area contributed by atoms with Gasteiger partial charge in [0, 0.05) is 6.07 Å². The van der Waals surface area contributed by atoms with E-state index in [0.29, 0.717) is 0 Å². The van der Waals surface area contributed by atoms with Gasteiger partial charge in [-0.3, -0.25) is 10.1 Å². The summed E-state index contributed by atoms with van der Waals surface area (Å²) in [6.45, 7) is -0.0725. The van der Waals surface area contributed by atoms with Crippen LogP contribution in [0.4, 0.5) is 11.4 Å². The van der Waals surface area contributed by atoms with Crippen LogP contribution in [-0.2, 0) is 0 Å². The maximum Gasteiger partial charge on any atom is 0.292 e. The van der Waals surface area contributed by atoms with Crippen LogP contribution in [0.25, 0.3) is 6.08 Å². The molecule has 0 saturated heterocycles. The Morgan fingerprint density at radius 1 is 1.57 bits per heavy atom. The Labute approximate surface area is 80.6 Å². The quantitative estimate of drug-likeness (QED) is 0.429. The van der Waals surface area contributed by atoms with Crippen LogP contribution in [0.2, 0.25) is 0 Å². The molecular weight excluding hydrogens is 184 g/mol. The van der Waals surface area contributed by atoms with Gasteiger partial charge in [-0.2, -0.15) is 0 Å². The van der Waals surface area contributed by atoms with Crippen molar-refractivity contribution in [2.75, 3.05) is 12.3 Å². The average Bonchev–Trinajstić information content (AvgIpc) is 2.14. The van der Waals surface area contributed by atoms with Gasteiger partial charge in [0.15, 0.2) is 0 Å². The lowest BCUT2D eigenvalue weighted by atomic mass is 10.1. The van der Waals surface area contributed by atoms with Crippen molar-refractivity contribution < 1.29 is 10.0 Å². The highest BCUT2D eigenvalue weighted by atomic mass is 16.6. The molecule has 0 aromatic heterocycles. The molecule has 3 N–H and O–H groups in total. The number of nitro groups is 1. The summed E-state index contributed by atoms with van der Waals surface area (Å²) in [7, 11) is 0. The number of anilines is 1. The van der Waals surface area contributed by atoms with Crippen LogP contribution < -0.4 is 5.73 Å². The summed E-state index contributed by atoms with van der Waals surface area (Å²) < 4.78 is 0. The second kappa shape index (κ2) is 4.38. The van der Waals surface area contributed by atoms with Gasteiger partial charge in [-0.15, -0.1) is 0 Å². The van der Waals surface area contributed by atoms with E-state index < -0.39 is 4.92 Å². The fourth-order valence-corrected chi connectivity index (χ4v) is 1.03. The zero-order chi connectivity index (χ0) is 10.6. The van der Waals surface area contributed by atoms with Gasteiger partial charge in [0.2, 0.25) is 0 Å². The van der Waals surface area contributed by atoms with Crippen LogP contribution >= 0.6 is 0 Å². The van der Waals surface area contributed by atoms with Gasteiger partial charge in [0.05, 0.1) is 11.5 Å². The summed E-state index contributed by atoms with van der Waals surface area (Å²) in [5, 5.41) is 18.9. The minimum absolute atomic E-state index is 0.0725. The Bertz CT molecular complexity index is 374. The highest BCUT2D eigenvalue weighted by Gasteiger charge is 2.09. The molecule has 14 heavy (non-hydrogen) atoms. The first-order valence-corrected chi connectivity index (χ1v) is 3.96. The topological polar surface area (TPSA) is 89.4 Å². The molecule has 5 nitrogen and oxygen atoms in total. The highest BCUT2D eigenvalue weighted by Crippen LogP contribution is 2.22. The number of nitrogen functional groups attached to an aromatic ring is 1. The SMILES string of the molecule is Nc1cc(C=CCO)ccc1[N+](=O)[O-]. The molecule has 5 heteroatoms. The first-order chi connectivity index (χ1) is 6.65. The van der Waals surface area contributed by atoms with Gasteiger partial charge in [-0.25, -0.2) is 0 Å². The normalized spacial score (nSPS) is 10.6. The number of aliphatic hydroxyl groups excluding tert-OH is 1. The Morgan fingerprint density at radius 2 is 2.29 bits per heavy atom. The number of hydrogen-bond acceptors (Lipinski definition) is 4. The summed E-state index contributed by atoms with van der Waals surface area (Å²) in [5.74, 6) is 0. The Kier molecular flexibility index (Phi) is 3.19. The second-order valence-electron chi connectivity index (χ2n) is 2.66. The predicted octanol–water partition coefficient (Wildman–Crippen LogP) is 1.18. The van der Waals surface area contributed by atoms with Crippen molar-refractivity contribution >= 4 is 17.5 Å². The van der Waals surface area contributed by atoms with E-state index in [1.807, 2.05) is 0 Å². The Balaban J connectivity index is 3.00. The summed E-state index contributed by atoms with van der Waals surface area (Å²) in [6, 6.07) is 4.40. The maximum atomic E-state index is 10.4. The van der Waals surface area contributed by atoms with E-state index in [2.05, 4.69) is 0 Å². The Hall–Kier alpha value is -1.88. The molecule has 0 heterocycles. The third-order valence-electron chi connectivity index (χ3n) is 1.66. The molecule has 1 aromatic rings. The molecule has 0 radical (unpaired) electrons. The number of aliphatic hydroxyl groups is 1. The molecule has 0 aliphatic carbocycles. The largest absolute Gasteiger partial charge is 0.393 e. The van der Waals surface area contributed by atoms with E-state index in [-0.39, 0.29) is 18.0 Å². The number of nitro benzene ring substituents is 1. The van der Waals surface area contributed by atoms with E-state index in [0.717, 1.165) is 5.56 Å². The van der Waals surface area contributed by atoms with E-state index in [4.69, 9.17) is 10.8 Å². The van der Waals surface area contributed by atoms with Crippen molar-refractivity contribution in [1.82, 2.24) is 0 Å². The van der Waals surface area contributed by atoms with Gasteiger partial charge in [0.1, 0.15) is 5.69 Å². The molecular formula is C9H10N2O3. The third kappa shape index (κ3) is 2.30. The molecule has 0 unspecified atom stereocenters. The fourth-order valence-electron chi connectivity index (χ4n) is 1.03. The lowest BCUT2D eigenvalue weighted by Crippen LogP contribution is -1.95. The summed E-state index contributed by atoms with van der Waals surface area (Å²) in [4.78, 5) is 9.88. The molecule has 0 aliphatic heterocycles. The van der Waals surface area contributed by atoms with Crippen LogP contribution in [0, 0.1) is 10.1 Å². The van der Waals surface area contributed by atoms with Crippen LogP contribution in [0.5, 0.6) is 0 Å². The van der Waals surface area contributed by atoms with Gasteiger partial charge in [0.25, 0.3) is 5.69 Å². The second-order valence-corrected chi connectivity index (χ2v) is 2.66. The third-order valence-corrected chi connectivity index (χ3v) is 1.66. The van der Waals surface area contributed by atoms with Crippen molar-refractivity contribution in [1.29, 1.82) is 0 Å². The van der Waals surface area contributed by atoms with E-state index in [9.17, 15) is 10.1 Å². The number of rotatable bonds is 3. The molecule has 0 atom stereocenters. The first kappa shape index (κ1) is 10.2. The van der Waals surface area contributed by atoms with Crippen LogP contribution in [0.1, 0.15) is 5.56 Å². The van der Waals surface area contributed by atoms with Crippen molar-refractivity contribution in [3.63, 3.8) is 0 Å². The van der Waals surface area contributed by atoms with Crippen LogP contribution in [-0.4, -0.2) is 16.6 Å². The minimum Gasteiger partial charge on any atom is -0.393 e. The van der Waals surface area contributed by atoms with Gasteiger partial charge < -0.3 is 10.8 Å². The van der Waals surface area contributed by atoms with E-state index in [1.165, 1.54) is 18.2 Å². The molecule has 0 fully saturated rings. The molecule has 0 amide bonds. The molecule has 0 spiro atoms. The summed E-state index contributed by atoms with van der Waals surface area (Å²) in [6.07, 6.45) is 3.17. The summed E-state index contributed by atoms with van der Waals surface area (Å²) in [5.41, 5.74) is 6.20. The number of benzene rings is 1. The zero-order valence-corrected chi connectivity index (χ0v) is 7.38. The van der Waals surface area contributed by atoms with Gasteiger partial charge in [-0.1, -0.05) is 12.2 Å². The standard InChI is InChI=1S/C9H10N2O3/c10-8-6-7(2-1-5-12)3-4-9(8)11(13)14/h1-4,6,12H,5,10H2. The average molecular weight is 194 g/mol. The minimum atomic E-state index is -0.533. The smallest absolute Gasteiger partial charge is 0.292 e. The maximum absolute atomic E-state index is 10.4. The van der Waals surface area contributed by atoms with Gasteiger partial charge >= 0.3 is 0 Å². The predicted molar refractivity (Wildman–Crippen MR) is 53.6 cm³/mol. The molecule has 0 bridgehead atoms. The molecule has 74 valence electrons. The molecule has 1 aromatic carbocycles. The lowest BCUT2D eigenvalue weighted by Gasteiger charge is -1.98. The van der Waals surface area contributed by atoms with Crippen LogP contribution in [0.15, 0.2) is 24.3 Å². The van der Waals surface area contributed by atoms with E-state index >= 15 is 0 Å². The molecule has 0 aliphatic rings. The number of nitrogens with two attached hydrogens (primary N) is 1. The van der Waals surface area contributed by atoms with Gasteiger partial charge in [-0.05, 0) is 17.7 Å². The van der Waals surface area contributed by atoms with Crippen molar-refractivity contribution in [2.24, 2.45) is 0 Å². The number of nitrogens with zero attached hydrogens (tertiary/aromatic N) is 1. The highest BCUT2D eigenvalue weighted by molar-refractivity contribution is 5.65. The monoisotopic (exact) mass is 194 g/mol.